The van der Waals surface area contributed by atoms with Gasteiger partial charge in [-0.25, -0.2) is 5.43 Å². The molecule has 0 fully saturated rings. The molecule has 4 rings (SSSR count). The Morgan fingerprint density at radius 2 is 1.92 bits per heavy atom. The summed E-state index contributed by atoms with van der Waals surface area (Å²) in [6.07, 6.45) is 1.65. The number of amides is 1. The number of benzene rings is 3. The van der Waals surface area contributed by atoms with Crippen LogP contribution in [0.1, 0.15) is 16.7 Å². The lowest BCUT2D eigenvalue weighted by Gasteiger charge is -2.08. The molecule has 0 aromatic heterocycles. The first-order valence-corrected chi connectivity index (χ1v) is 8.27. The van der Waals surface area contributed by atoms with E-state index in [1.807, 2.05) is 55.5 Å². The van der Waals surface area contributed by atoms with E-state index in [-0.39, 0.29) is 5.91 Å². The van der Waals surface area contributed by atoms with Crippen molar-refractivity contribution >= 4 is 22.9 Å². The van der Waals surface area contributed by atoms with Gasteiger partial charge in [0.15, 0.2) is 6.10 Å². The van der Waals surface area contributed by atoms with Gasteiger partial charge in [0, 0.05) is 12.0 Å². The number of fused-ring (bicyclic) bond motifs is 3. The molecule has 1 N–H and O–H groups in total. The van der Waals surface area contributed by atoms with Crippen LogP contribution in [0.5, 0.6) is 5.75 Å². The van der Waals surface area contributed by atoms with Gasteiger partial charge >= 0.3 is 0 Å². The van der Waals surface area contributed by atoms with Crippen LogP contribution < -0.4 is 10.2 Å². The number of hydrogen-bond donors (Lipinski definition) is 1. The van der Waals surface area contributed by atoms with Gasteiger partial charge in [-0.3, -0.25) is 4.79 Å². The van der Waals surface area contributed by atoms with Gasteiger partial charge in [0.05, 0.1) is 6.21 Å². The van der Waals surface area contributed by atoms with Gasteiger partial charge in [-0.2, -0.15) is 5.10 Å². The molecule has 1 unspecified atom stereocenters. The third-order valence-electron chi connectivity index (χ3n) is 4.41. The highest BCUT2D eigenvalue weighted by Crippen LogP contribution is 2.34. The number of aryl methyl sites for hydroxylation is 1. The van der Waals surface area contributed by atoms with Crippen LogP contribution in [-0.2, 0) is 11.2 Å². The molecule has 0 bridgehead atoms. The zero-order valence-electron chi connectivity index (χ0n) is 13.9. The second kappa shape index (κ2) is 6.40. The largest absolute Gasteiger partial charge is 0.480 e. The van der Waals surface area contributed by atoms with Gasteiger partial charge in [0.2, 0.25) is 0 Å². The summed E-state index contributed by atoms with van der Waals surface area (Å²) in [6.45, 7) is 2.03. The van der Waals surface area contributed by atoms with E-state index in [2.05, 4.69) is 22.7 Å². The van der Waals surface area contributed by atoms with Crippen molar-refractivity contribution in [1.29, 1.82) is 0 Å². The Kier molecular flexibility index (Phi) is 3.94. The molecule has 1 aliphatic rings. The molecular weight excluding hydrogens is 312 g/mol. The summed E-state index contributed by atoms with van der Waals surface area (Å²) in [5.74, 6) is 0.546. The normalized spacial score (nSPS) is 16.0. The highest BCUT2D eigenvalue weighted by Gasteiger charge is 2.30. The van der Waals surface area contributed by atoms with Crippen molar-refractivity contribution in [2.24, 2.45) is 5.10 Å². The van der Waals surface area contributed by atoms with Crippen LogP contribution in [-0.4, -0.2) is 18.2 Å². The lowest BCUT2D eigenvalue weighted by atomic mass is 10.0. The average Bonchev–Trinajstić information content (AvgIpc) is 3.08. The van der Waals surface area contributed by atoms with Crippen LogP contribution in [0.15, 0.2) is 65.8 Å². The second-order valence-corrected chi connectivity index (χ2v) is 6.22. The zero-order chi connectivity index (χ0) is 17.2. The minimum atomic E-state index is -0.545. The first kappa shape index (κ1) is 15.4. The van der Waals surface area contributed by atoms with Crippen molar-refractivity contribution < 1.29 is 9.53 Å². The molecule has 25 heavy (non-hydrogen) atoms. The fraction of sp³-hybridized carbons (Fsp3) is 0.143. The van der Waals surface area contributed by atoms with Gasteiger partial charge < -0.3 is 4.74 Å². The smallest absolute Gasteiger partial charge is 0.281 e. The maximum atomic E-state index is 12.3. The summed E-state index contributed by atoms with van der Waals surface area (Å²) in [7, 11) is 0. The van der Waals surface area contributed by atoms with E-state index in [4.69, 9.17) is 4.74 Å². The third-order valence-corrected chi connectivity index (χ3v) is 4.41. The van der Waals surface area contributed by atoms with Gasteiger partial charge in [0.25, 0.3) is 5.91 Å². The Labute approximate surface area is 146 Å². The Bertz CT molecular complexity index is 961. The molecule has 1 atom stereocenters. The predicted octanol–water partition coefficient (Wildman–Crippen LogP) is 3.60. The molecule has 0 saturated heterocycles. The number of nitrogens with one attached hydrogen (secondary N) is 1. The number of nitrogens with zero attached hydrogens (tertiary/aromatic N) is 1. The molecule has 1 aliphatic heterocycles. The minimum absolute atomic E-state index is 0.233. The van der Waals surface area contributed by atoms with Gasteiger partial charge in [-0.05, 0) is 29.3 Å². The molecule has 4 nitrogen and oxygen atoms in total. The average molecular weight is 330 g/mol. The Balaban J connectivity index is 1.45. The summed E-state index contributed by atoms with van der Waals surface area (Å²) in [5, 5.41) is 6.33. The number of hydrogen-bond acceptors (Lipinski definition) is 3. The van der Waals surface area contributed by atoms with Crippen molar-refractivity contribution in [2.75, 3.05) is 0 Å². The first-order valence-electron chi connectivity index (χ1n) is 8.27. The molecule has 0 saturated carbocycles. The predicted molar refractivity (Wildman–Crippen MR) is 99.0 cm³/mol. The second-order valence-electron chi connectivity index (χ2n) is 6.22. The molecule has 1 amide bonds. The number of carbonyl (C=O) groups excluding carboxylic acids is 1. The quantitative estimate of drug-likeness (QED) is 0.589. The summed E-state index contributed by atoms with van der Waals surface area (Å²) in [5.41, 5.74) is 5.78. The monoisotopic (exact) mass is 330 g/mol. The van der Waals surface area contributed by atoms with Crippen LogP contribution in [0.3, 0.4) is 0 Å². The molecular formula is C21H18N2O2. The van der Waals surface area contributed by atoms with Crippen LogP contribution >= 0.6 is 0 Å². The highest BCUT2D eigenvalue weighted by atomic mass is 16.5. The number of carbonyl (C=O) groups is 1. The van der Waals surface area contributed by atoms with Gasteiger partial charge in [0.1, 0.15) is 5.75 Å². The standard InChI is InChI=1S/C21H18N2O2/c1-14-6-8-15(9-7-14)13-22-23-21(24)20-12-18-17-5-3-2-4-16(17)10-11-19(18)25-20/h2-11,13,20H,12H2,1H3,(H,23,24)/b22-13+. The van der Waals surface area contributed by atoms with Crippen LogP contribution in [0, 0.1) is 6.92 Å². The molecule has 0 radical (unpaired) electrons. The Morgan fingerprint density at radius 3 is 2.76 bits per heavy atom. The lowest BCUT2D eigenvalue weighted by molar-refractivity contribution is -0.127. The number of hydrazone groups is 1. The summed E-state index contributed by atoms with van der Waals surface area (Å²) in [6, 6.07) is 20.0. The third kappa shape index (κ3) is 3.11. The summed E-state index contributed by atoms with van der Waals surface area (Å²) in [4.78, 5) is 12.3. The van der Waals surface area contributed by atoms with Crippen molar-refractivity contribution in [2.45, 2.75) is 19.4 Å². The van der Waals surface area contributed by atoms with Crippen LogP contribution in [0.2, 0.25) is 0 Å². The van der Waals surface area contributed by atoms with Gasteiger partial charge in [-0.15, -0.1) is 0 Å². The van der Waals surface area contributed by atoms with Crippen molar-refractivity contribution in [1.82, 2.24) is 5.43 Å². The molecule has 3 aromatic carbocycles. The topological polar surface area (TPSA) is 50.7 Å². The van der Waals surface area contributed by atoms with E-state index in [0.717, 1.165) is 27.6 Å². The molecule has 3 aromatic rings. The van der Waals surface area contributed by atoms with E-state index >= 15 is 0 Å². The minimum Gasteiger partial charge on any atom is -0.480 e. The van der Waals surface area contributed by atoms with Gasteiger partial charge in [-0.1, -0.05) is 60.2 Å². The van der Waals surface area contributed by atoms with Crippen LogP contribution in [0.25, 0.3) is 10.8 Å². The molecule has 0 aliphatic carbocycles. The van der Waals surface area contributed by atoms with Crippen molar-refractivity contribution in [3.8, 4) is 5.75 Å². The Hall–Kier alpha value is -3.14. The zero-order valence-corrected chi connectivity index (χ0v) is 13.9. The Morgan fingerprint density at radius 1 is 1.12 bits per heavy atom. The first-order chi connectivity index (χ1) is 12.2. The van der Waals surface area contributed by atoms with E-state index < -0.39 is 6.10 Å². The van der Waals surface area contributed by atoms with Crippen molar-refractivity contribution in [3.63, 3.8) is 0 Å². The van der Waals surface area contributed by atoms with E-state index in [9.17, 15) is 4.79 Å². The maximum absolute atomic E-state index is 12.3. The van der Waals surface area contributed by atoms with Crippen molar-refractivity contribution in [3.05, 3.63) is 77.4 Å². The summed E-state index contributed by atoms with van der Waals surface area (Å²) >= 11 is 0. The summed E-state index contributed by atoms with van der Waals surface area (Å²) < 4.78 is 5.81. The van der Waals surface area contributed by atoms with Crippen LogP contribution in [0.4, 0.5) is 0 Å². The maximum Gasteiger partial charge on any atom is 0.281 e. The van der Waals surface area contributed by atoms with E-state index in [1.54, 1.807) is 6.21 Å². The lowest BCUT2D eigenvalue weighted by Crippen LogP contribution is -2.34. The van der Waals surface area contributed by atoms with E-state index in [0.29, 0.717) is 6.42 Å². The fourth-order valence-corrected chi connectivity index (χ4v) is 3.06. The molecule has 0 spiro atoms. The molecule has 124 valence electrons. The number of ether oxygens (including phenoxy) is 1. The van der Waals surface area contributed by atoms with E-state index in [1.165, 1.54) is 5.56 Å². The molecule has 1 heterocycles. The highest BCUT2D eigenvalue weighted by molar-refractivity contribution is 5.91. The SMILES string of the molecule is Cc1ccc(/C=N/NC(=O)C2Cc3c(ccc4ccccc34)O2)cc1. The number of rotatable bonds is 3. The molecule has 4 heteroatoms. The fourth-order valence-electron chi connectivity index (χ4n) is 3.06.